The van der Waals surface area contributed by atoms with Crippen LogP contribution in [-0.2, 0) is 16.2 Å². The summed E-state index contributed by atoms with van der Waals surface area (Å²) in [6, 6.07) is 21.9. The average molecular weight is 549 g/mol. The Labute approximate surface area is 219 Å². The number of likely N-dealkylation sites (N-methyl/N-ethyl adjacent to an activating group) is 1. The summed E-state index contributed by atoms with van der Waals surface area (Å²) in [4.78, 5) is 29.7. The van der Waals surface area contributed by atoms with Crippen molar-refractivity contribution in [2.24, 2.45) is 0 Å². The van der Waals surface area contributed by atoms with E-state index in [0.29, 0.717) is 31.0 Å². The summed E-state index contributed by atoms with van der Waals surface area (Å²) in [6.07, 6.45) is 0. The van der Waals surface area contributed by atoms with Crippen molar-refractivity contribution in [3.8, 4) is 5.75 Å². The third-order valence-electron chi connectivity index (χ3n) is 6.18. The van der Waals surface area contributed by atoms with Crippen LogP contribution in [0.1, 0.15) is 28.3 Å². The van der Waals surface area contributed by atoms with Gasteiger partial charge < -0.3 is 19.6 Å². The first-order valence-corrected chi connectivity index (χ1v) is 12.5. The van der Waals surface area contributed by atoms with Gasteiger partial charge >= 0.3 is 0 Å². The van der Waals surface area contributed by atoms with Crippen molar-refractivity contribution in [1.82, 2.24) is 9.80 Å². The summed E-state index contributed by atoms with van der Waals surface area (Å²) in [6.45, 7) is 3.26. The topological polar surface area (TPSA) is 70.1 Å². The van der Waals surface area contributed by atoms with Crippen LogP contribution >= 0.6 is 15.9 Å². The zero-order valence-corrected chi connectivity index (χ0v) is 22.2. The molecule has 0 bridgehead atoms. The van der Waals surface area contributed by atoms with E-state index >= 15 is 0 Å². The maximum Gasteiger partial charge on any atom is 0.295 e. The van der Waals surface area contributed by atoms with Crippen molar-refractivity contribution < 1.29 is 19.4 Å². The van der Waals surface area contributed by atoms with Crippen molar-refractivity contribution in [1.29, 1.82) is 0 Å². The van der Waals surface area contributed by atoms with Crippen LogP contribution in [0, 0.1) is 6.92 Å². The summed E-state index contributed by atoms with van der Waals surface area (Å²) in [7, 11) is 3.82. The maximum atomic E-state index is 13.2. The molecule has 186 valence electrons. The number of likely N-dealkylation sites (tertiary alicyclic amines) is 1. The van der Waals surface area contributed by atoms with Crippen LogP contribution in [0.3, 0.4) is 0 Å². The van der Waals surface area contributed by atoms with Crippen LogP contribution < -0.4 is 4.74 Å². The number of nitrogens with zero attached hydrogens (tertiary/aromatic N) is 2. The quantitative estimate of drug-likeness (QED) is 0.234. The van der Waals surface area contributed by atoms with Gasteiger partial charge in [0.05, 0.1) is 11.6 Å². The minimum Gasteiger partial charge on any atom is -0.507 e. The second kappa shape index (κ2) is 11.1. The van der Waals surface area contributed by atoms with E-state index in [-0.39, 0.29) is 11.3 Å². The van der Waals surface area contributed by atoms with Crippen molar-refractivity contribution in [3.05, 3.63) is 105 Å². The number of halogens is 1. The highest BCUT2D eigenvalue weighted by Gasteiger charge is 2.45. The van der Waals surface area contributed by atoms with Crippen molar-refractivity contribution in [2.75, 3.05) is 27.2 Å². The zero-order chi connectivity index (χ0) is 25.8. The molecule has 1 amide bonds. The predicted molar refractivity (Wildman–Crippen MR) is 144 cm³/mol. The van der Waals surface area contributed by atoms with Crippen LogP contribution in [0.15, 0.2) is 82.8 Å². The third kappa shape index (κ3) is 5.53. The lowest BCUT2D eigenvalue weighted by molar-refractivity contribution is -0.140. The van der Waals surface area contributed by atoms with E-state index in [1.807, 2.05) is 80.5 Å². The molecule has 36 heavy (non-hydrogen) atoms. The lowest BCUT2D eigenvalue weighted by atomic mass is 9.95. The number of Topliss-reactive ketones (excluding diaryl/α,β-unsaturated/α-hetero) is 1. The van der Waals surface area contributed by atoms with Gasteiger partial charge in [-0.05, 0) is 68.0 Å². The molecule has 1 N–H and O–H groups in total. The molecule has 0 radical (unpaired) electrons. The smallest absolute Gasteiger partial charge is 0.295 e. The molecule has 1 saturated heterocycles. The maximum absolute atomic E-state index is 13.2. The van der Waals surface area contributed by atoms with Crippen LogP contribution in [-0.4, -0.2) is 53.8 Å². The van der Waals surface area contributed by atoms with E-state index < -0.39 is 17.7 Å². The van der Waals surface area contributed by atoms with Gasteiger partial charge in [-0.15, -0.1) is 0 Å². The van der Waals surface area contributed by atoms with E-state index in [2.05, 4.69) is 15.9 Å². The molecule has 3 aromatic rings. The van der Waals surface area contributed by atoms with E-state index in [0.717, 1.165) is 21.2 Å². The monoisotopic (exact) mass is 548 g/mol. The summed E-state index contributed by atoms with van der Waals surface area (Å²) in [5.74, 6) is -0.796. The number of rotatable bonds is 8. The summed E-state index contributed by atoms with van der Waals surface area (Å²) in [5, 5.41) is 11.3. The van der Waals surface area contributed by atoms with Gasteiger partial charge in [-0.2, -0.15) is 0 Å². The molecule has 0 saturated carbocycles. The summed E-state index contributed by atoms with van der Waals surface area (Å²) < 4.78 is 6.79. The molecule has 0 aromatic heterocycles. The fourth-order valence-corrected chi connectivity index (χ4v) is 4.71. The second-order valence-electron chi connectivity index (χ2n) is 9.11. The highest BCUT2D eigenvalue weighted by molar-refractivity contribution is 9.10. The molecule has 1 atom stereocenters. The minimum absolute atomic E-state index is 0.0919. The van der Waals surface area contributed by atoms with E-state index in [9.17, 15) is 14.7 Å². The molecular formula is C29H29BrN2O4. The Hall–Kier alpha value is -3.42. The van der Waals surface area contributed by atoms with E-state index in [1.54, 1.807) is 23.1 Å². The van der Waals surface area contributed by atoms with Gasteiger partial charge in [0.2, 0.25) is 0 Å². The number of aliphatic hydroxyl groups excluding tert-OH is 1. The first-order valence-electron chi connectivity index (χ1n) is 11.7. The van der Waals surface area contributed by atoms with Gasteiger partial charge in [-0.25, -0.2) is 0 Å². The first-order chi connectivity index (χ1) is 17.3. The number of benzene rings is 3. The van der Waals surface area contributed by atoms with Crippen molar-refractivity contribution in [2.45, 2.75) is 19.6 Å². The normalized spacial score (nSPS) is 17.1. The van der Waals surface area contributed by atoms with Gasteiger partial charge in [-0.3, -0.25) is 9.59 Å². The Morgan fingerprint density at radius 1 is 1.03 bits per heavy atom. The largest absolute Gasteiger partial charge is 0.507 e. The van der Waals surface area contributed by atoms with Crippen molar-refractivity contribution in [3.63, 3.8) is 0 Å². The van der Waals surface area contributed by atoms with Gasteiger partial charge in [0.1, 0.15) is 18.1 Å². The number of carbonyl (C=O) groups is 2. The molecule has 7 heteroatoms. The molecular weight excluding hydrogens is 520 g/mol. The molecule has 1 fully saturated rings. The Kier molecular flexibility index (Phi) is 7.91. The Morgan fingerprint density at radius 2 is 1.78 bits per heavy atom. The molecule has 3 aromatic carbocycles. The fourth-order valence-electron chi connectivity index (χ4n) is 4.29. The number of ketones is 1. The first kappa shape index (κ1) is 25.7. The number of carbonyl (C=O) groups excluding carboxylic acids is 2. The molecule has 0 spiro atoms. The number of aryl methyl sites for hydroxylation is 1. The van der Waals surface area contributed by atoms with Gasteiger partial charge in [-0.1, -0.05) is 58.4 Å². The van der Waals surface area contributed by atoms with Crippen LogP contribution in [0.2, 0.25) is 0 Å². The molecule has 1 unspecified atom stereocenters. The number of hydrogen-bond acceptors (Lipinski definition) is 5. The fraction of sp³-hybridized carbons (Fsp3) is 0.241. The zero-order valence-electron chi connectivity index (χ0n) is 20.6. The molecule has 1 heterocycles. The summed E-state index contributed by atoms with van der Waals surface area (Å²) >= 11 is 3.48. The van der Waals surface area contributed by atoms with Crippen molar-refractivity contribution >= 4 is 33.4 Å². The highest BCUT2D eigenvalue weighted by atomic mass is 79.9. The number of hydrogen-bond donors (Lipinski definition) is 1. The molecule has 1 aliphatic rings. The van der Waals surface area contributed by atoms with Crippen LogP contribution in [0.5, 0.6) is 5.75 Å². The van der Waals surface area contributed by atoms with Gasteiger partial charge in [0.25, 0.3) is 11.7 Å². The van der Waals surface area contributed by atoms with Crippen LogP contribution in [0.25, 0.3) is 5.76 Å². The number of aliphatic hydroxyl groups is 1. The lowest BCUT2D eigenvalue weighted by Gasteiger charge is -2.26. The second-order valence-corrected chi connectivity index (χ2v) is 10.0. The van der Waals surface area contributed by atoms with E-state index in [1.165, 1.54) is 0 Å². The summed E-state index contributed by atoms with van der Waals surface area (Å²) in [5.41, 5.74) is 3.18. The standard InChI is InChI=1S/C29H29BrN2O4/c1-19-16-22(12-13-24(19)36-18-20-8-5-4-6-9-20)27(33)25-26(21-10-7-11-23(30)17-21)32(15-14-31(2)3)29(35)28(25)34/h4-13,16-17,26,33H,14-15,18H2,1-3H3/b27-25+. The Morgan fingerprint density at radius 3 is 2.44 bits per heavy atom. The third-order valence-corrected chi connectivity index (χ3v) is 6.67. The highest BCUT2D eigenvalue weighted by Crippen LogP contribution is 2.40. The molecule has 1 aliphatic heterocycles. The SMILES string of the molecule is Cc1cc(/C(O)=C2\C(=O)C(=O)N(CCN(C)C)C2c2cccc(Br)c2)ccc1OCc1ccccc1. The molecule has 0 aliphatic carbocycles. The van der Waals surface area contributed by atoms with Gasteiger partial charge in [0, 0.05) is 23.1 Å². The van der Waals surface area contributed by atoms with E-state index in [4.69, 9.17) is 4.74 Å². The number of amides is 1. The Balaban J connectivity index is 1.70. The van der Waals surface area contributed by atoms with Crippen LogP contribution in [0.4, 0.5) is 0 Å². The lowest BCUT2D eigenvalue weighted by Crippen LogP contribution is -2.35. The number of ether oxygens (including phenoxy) is 1. The predicted octanol–water partition coefficient (Wildman–Crippen LogP) is 5.32. The molecule has 6 nitrogen and oxygen atoms in total. The van der Waals surface area contributed by atoms with Gasteiger partial charge in [0.15, 0.2) is 0 Å². The average Bonchev–Trinajstić information content (AvgIpc) is 3.11. The minimum atomic E-state index is -0.684. The molecule has 4 rings (SSSR count). The Bertz CT molecular complexity index is 1300.